The average Bonchev–Trinajstić information content (AvgIpc) is 1.72. The van der Waals surface area contributed by atoms with Crippen molar-refractivity contribution in [1.29, 1.82) is 0 Å². The van der Waals surface area contributed by atoms with Gasteiger partial charge < -0.3 is 10.2 Å². The molecule has 0 saturated carbocycles. The first-order valence-electron chi connectivity index (χ1n) is 2.32. The lowest BCUT2D eigenvalue weighted by molar-refractivity contribution is -0.117. The molecule has 0 radical (unpaired) electrons. The monoisotopic (exact) mass is 120 g/mol. The molecule has 0 aromatic rings. The van der Waals surface area contributed by atoms with Gasteiger partial charge in [0.15, 0.2) is 0 Å². The Hall–Kier alpha value is -0.410. The van der Waals surface area contributed by atoms with E-state index >= 15 is 0 Å². The molecule has 0 bridgehead atoms. The van der Waals surface area contributed by atoms with Gasteiger partial charge >= 0.3 is 0 Å². The van der Waals surface area contributed by atoms with Gasteiger partial charge in [-0.1, -0.05) is 0 Å². The number of aliphatic hydroxyl groups excluding tert-OH is 2. The summed E-state index contributed by atoms with van der Waals surface area (Å²) in [7, 11) is 1.00. The van der Waals surface area contributed by atoms with E-state index in [9.17, 15) is 4.79 Å². The Kier molecular flexibility index (Phi) is 12.9. The maximum atomic E-state index is 9.88. The Bertz CT molecular complexity index is 51.6. The van der Waals surface area contributed by atoms with Crippen molar-refractivity contribution in [1.82, 2.24) is 0 Å². The minimum Gasteiger partial charge on any atom is -0.400 e. The van der Waals surface area contributed by atoms with Crippen molar-refractivity contribution >= 4 is 5.78 Å². The summed E-state index contributed by atoms with van der Waals surface area (Å²) < 4.78 is 0. The van der Waals surface area contributed by atoms with Gasteiger partial charge in [-0.2, -0.15) is 0 Å². The Labute approximate surface area is 49.0 Å². The van der Waals surface area contributed by atoms with Crippen LogP contribution in [0.3, 0.4) is 0 Å². The van der Waals surface area contributed by atoms with Crippen LogP contribution in [0.4, 0.5) is 0 Å². The topological polar surface area (TPSA) is 57.5 Å². The summed E-state index contributed by atoms with van der Waals surface area (Å²) in [5.74, 6) is 0.0394. The van der Waals surface area contributed by atoms with Crippen molar-refractivity contribution in [3.8, 4) is 0 Å². The molecule has 0 fully saturated rings. The SMILES string of the molecule is CC(=O)CCO.CO. The molecule has 0 aliphatic heterocycles. The second-order valence-corrected chi connectivity index (χ2v) is 1.18. The van der Waals surface area contributed by atoms with Gasteiger partial charge in [0.2, 0.25) is 0 Å². The van der Waals surface area contributed by atoms with Gasteiger partial charge in [0.25, 0.3) is 0 Å². The largest absolute Gasteiger partial charge is 0.400 e. The van der Waals surface area contributed by atoms with Crippen LogP contribution >= 0.6 is 0 Å². The minimum absolute atomic E-state index is 0.0185. The maximum Gasteiger partial charge on any atom is 0.132 e. The number of Topliss-reactive ketones (excluding diaryl/α,β-unsaturated/α-hetero) is 1. The number of carbonyl (C=O) groups excluding carboxylic acids is 1. The number of hydrogen-bond acceptors (Lipinski definition) is 3. The highest BCUT2D eigenvalue weighted by molar-refractivity contribution is 5.75. The molecule has 0 aliphatic carbocycles. The van der Waals surface area contributed by atoms with Gasteiger partial charge in [0.05, 0.1) is 0 Å². The summed E-state index contributed by atoms with van der Waals surface area (Å²) in [5, 5.41) is 15.0. The van der Waals surface area contributed by atoms with E-state index in [4.69, 9.17) is 10.2 Å². The highest BCUT2D eigenvalue weighted by Crippen LogP contribution is 1.74. The van der Waals surface area contributed by atoms with E-state index in [2.05, 4.69) is 0 Å². The Balaban J connectivity index is 0. The lowest BCUT2D eigenvalue weighted by Gasteiger charge is -1.80. The summed E-state index contributed by atoms with van der Waals surface area (Å²) in [6.07, 6.45) is 0.292. The summed E-state index contributed by atoms with van der Waals surface area (Å²) in [5.41, 5.74) is 0. The van der Waals surface area contributed by atoms with Gasteiger partial charge in [-0.05, 0) is 6.92 Å². The molecule has 0 aliphatic rings. The van der Waals surface area contributed by atoms with E-state index in [0.29, 0.717) is 6.42 Å². The number of carbonyl (C=O) groups is 1. The number of ketones is 1. The van der Waals surface area contributed by atoms with Crippen molar-refractivity contribution < 1.29 is 15.0 Å². The molecule has 0 rings (SSSR count). The average molecular weight is 120 g/mol. The lowest BCUT2D eigenvalue weighted by atomic mass is 10.3. The molecule has 3 heteroatoms. The molecular weight excluding hydrogens is 108 g/mol. The molecule has 0 heterocycles. The van der Waals surface area contributed by atoms with Crippen LogP contribution in [0.1, 0.15) is 13.3 Å². The van der Waals surface area contributed by atoms with Crippen LogP contribution in [0.5, 0.6) is 0 Å². The van der Waals surface area contributed by atoms with Gasteiger partial charge in [0, 0.05) is 20.1 Å². The first-order chi connectivity index (χ1) is 3.77. The Morgan fingerprint density at radius 1 is 1.50 bits per heavy atom. The molecule has 0 spiro atoms. The van der Waals surface area contributed by atoms with Crippen LogP contribution in [0.2, 0.25) is 0 Å². The van der Waals surface area contributed by atoms with Crippen molar-refractivity contribution in [2.24, 2.45) is 0 Å². The molecule has 3 nitrogen and oxygen atoms in total. The number of hydrogen-bond donors (Lipinski definition) is 2. The second kappa shape index (κ2) is 9.77. The van der Waals surface area contributed by atoms with Crippen LogP contribution < -0.4 is 0 Å². The van der Waals surface area contributed by atoms with E-state index in [1.807, 2.05) is 0 Å². The molecule has 0 atom stereocenters. The van der Waals surface area contributed by atoms with Crippen molar-refractivity contribution in [3.63, 3.8) is 0 Å². The van der Waals surface area contributed by atoms with Crippen LogP contribution in [0, 0.1) is 0 Å². The highest BCUT2D eigenvalue weighted by Gasteiger charge is 1.84. The molecule has 2 N–H and O–H groups in total. The molecule has 0 aromatic carbocycles. The summed E-state index contributed by atoms with van der Waals surface area (Å²) in [4.78, 5) is 9.88. The predicted molar refractivity (Wildman–Crippen MR) is 30.5 cm³/mol. The van der Waals surface area contributed by atoms with E-state index in [-0.39, 0.29) is 12.4 Å². The second-order valence-electron chi connectivity index (χ2n) is 1.18. The van der Waals surface area contributed by atoms with Crippen molar-refractivity contribution in [2.75, 3.05) is 13.7 Å². The first-order valence-corrected chi connectivity index (χ1v) is 2.32. The molecular formula is C5H12O3. The van der Waals surface area contributed by atoms with E-state index in [0.717, 1.165) is 7.11 Å². The Morgan fingerprint density at radius 3 is 1.88 bits per heavy atom. The van der Waals surface area contributed by atoms with Crippen LogP contribution in [-0.2, 0) is 4.79 Å². The van der Waals surface area contributed by atoms with Gasteiger partial charge in [-0.3, -0.25) is 4.79 Å². The molecule has 0 unspecified atom stereocenters. The quantitative estimate of drug-likeness (QED) is 0.519. The molecule has 8 heavy (non-hydrogen) atoms. The zero-order valence-electron chi connectivity index (χ0n) is 5.22. The van der Waals surface area contributed by atoms with E-state index < -0.39 is 0 Å². The zero-order chi connectivity index (χ0) is 6.99. The fraction of sp³-hybridized carbons (Fsp3) is 0.800. The van der Waals surface area contributed by atoms with Crippen LogP contribution in [0.15, 0.2) is 0 Å². The predicted octanol–water partition coefficient (Wildman–Crippen LogP) is -0.434. The molecule has 0 saturated heterocycles. The maximum absolute atomic E-state index is 9.88. The van der Waals surface area contributed by atoms with Crippen molar-refractivity contribution in [2.45, 2.75) is 13.3 Å². The van der Waals surface area contributed by atoms with Crippen molar-refractivity contribution in [3.05, 3.63) is 0 Å². The van der Waals surface area contributed by atoms with E-state index in [1.54, 1.807) is 0 Å². The van der Waals surface area contributed by atoms with Gasteiger partial charge in [-0.25, -0.2) is 0 Å². The summed E-state index contributed by atoms with van der Waals surface area (Å²) in [6, 6.07) is 0. The third-order valence-electron chi connectivity index (χ3n) is 0.464. The fourth-order valence-corrected chi connectivity index (χ4v) is 0.157. The summed E-state index contributed by atoms with van der Waals surface area (Å²) >= 11 is 0. The lowest BCUT2D eigenvalue weighted by Crippen LogP contribution is -1.92. The minimum atomic E-state index is -0.0185. The molecule has 50 valence electrons. The third-order valence-corrected chi connectivity index (χ3v) is 0.464. The smallest absolute Gasteiger partial charge is 0.132 e. The van der Waals surface area contributed by atoms with Gasteiger partial charge in [0.1, 0.15) is 5.78 Å². The Morgan fingerprint density at radius 2 is 1.88 bits per heavy atom. The highest BCUT2D eigenvalue weighted by atomic mass is 16.3. The van der Waals surface area contributed by atoms with Gasteiger partial charge in [-0.15, -0.1) is 0 Å². The third kappa shape index (κ3) is 17.6. The number of rotatable bonds is 2. The fourth-order valence-electron chi connectivity index (χ4n) is 0.157. The number of aliphatic hydroxyl groups is 2. The molecule has 0 aromatic heterocycles. The first kappa shape index (κ1) is 10.5. The molecule has 0 amide bonds. The zero-order valence-corrected chi connectivity index (χ0v) is 5.22. The summed E-state index contributed by atoms with van der Waals surface area (Å²) in [6.45, 7) is 1.44. The van der Waals surface area contributed by atoms with Crippen LogP contribution in [0.25, 0.3) is 0 Å². The normalized spacial score (nSPS) is 7.00. The standard InChI is InChI=1S/C4H8O2.CH4O/c1-4(6)2-3-5;1-2/h5H,2-3H2,1H3;2H,1H3. The van der Waals surface area contributed by atoms with Crippen LogP contribution in [-0.4, -0.2) is 29.7 Å². The van der Waals surface area contributed by atoms with E-state index in [1.165, 1.54) is 6.92 Å².